The molecule has 0 atom stereocenters. The lowest BCUT2D eigenvalue weighted by molar-refractivity contribution is 0.257. The highest BCUT2D eigenvalue weighted by Crippen LogP contribution is 2.19. The smallest absolute Gasteiger partial charge is 0.253 e. The van der Waals surface area contributed by atoms with Crippen LogP contribution in [0.15, 0.2) is 28.7 Å². The van der Waals surface area contributed by atoms with E-state index in [1.165, 1.54) is 0 Å². The Balaban J connectivity index is 1.93. The van der Waals surface area contributed by atoms with Crippen molar-refractivity contribution in [2.75, 3.05) is 6.54 Å². The maximum absolute atomic E-state index is 5.76. The molecule has 0 saturated heterocycles. The van der Waals surface area contributed by atoms with Gasteiger partial charge in [0.2, 0.25) is 5.89 Å². The third-order valence-corrected chi connectivity index (χ3v) is 2.76. The Labute approximate surface area is 119 Å². The fraction of sp³-hybridized carbons (Fsp3) is 0.467. The number of aromatic nitrogens is 2. The van der Waals surface area contributed by atoms with Gasteiger partial charge in [-0.25, -0.2) is 0 Å². The first-order chi connectivity index (χ1) is 9.65. The molecule has 2 aromatic rings. The zero-order chi connectivity index (χ0) is 14.4. The highest BCUT2D eigenvalue weighted by molar-refractivity contribution is 5.33. The van der Waals surface area contributed by atoms with E-state index in [1.807, 2.05) is 18.2 Å². The number of rotatable bonds is 7. The van der Waals surface area contributed by atoms with Gasteiger partial charge in [-0.1, -0.05) is 32.0 Å². The average Bonchev–Trinajstić information content (AvgIpc) is 2.83. The molecule has 0 saturated carbocycles. The normalized spacial score (nSPS) is 11.0. The maximum Gasteiger partial charge on any atom is 0.253 e. The largest absolute Gasteiger partial charge is 0.483 e. The minimum atomic E-state index is 0.294. The standard InChI is InChI=1S/C15H21N3O2/c1-11(2)8-16-9-13-6-4-5-7-14(13)19-10-15-18-17-12(3)20-15/h4-7,11,16H,8-10H2,1-3H3. The van der Waals surface area contributed by atoms with Gasteiger partial charge in [-0.15, -0.1) is 10.2 Å². The molecule has 0 amide bonds. The van der Waals surface area contributed by atoms with Crippen molar-refractivity contribution in [3.63, 3.8) is 0 Å². The Hall–Kier alpha value is -1.88. The van der Waals surface area contributed by atoms with Gasteiger partial charge in [0, 0.05) is 19.0 Å². The lowest BCUT2D eigenvalue weighted by atomic mass is 10.2. The summed E-state index contributed by atoms with van der Waals surface area (Å²) < 4.78 is 11.1. The van der Waals surface area contributed by atoms with Gasteiger partial charge >= 0.3 is 0 Å². The SMILES string of the molecule is Cc1nnc(COc2ccccc2CNCC(C)C)o1. The zero-order valence-corrected chi connectivity index (χ0v) is 12.2. The van der Waals surface area contributed by atoms with Crippen molar-refractivity contribution in [2.24, 2.45) is 5.92 Å². The van der Waals surface area contributed by atoms with Gasteiger partial charge in [0.25, 0.3) is 5.89 Å². The summed E-state index contributed by atoms with van der Waals surface area (Å²) in [5, 5.41) is 11.1. The van der Waals surface area contributed by atoms with Crippen LogP contribution in [0, 0.1) is 12.8 Å². The molecule has 20 heavy (non-hydrogen) atoms. The lowest BCUT2D eigenvalue weighted by Gasteiger charge is -2.12. The van der Waals surface area contributed by atoms with Crippen LogP contribution >= 0.6 is 0 Å². The number of ether oxygens (including phenoxy) is 1. The van der Waals surface area contributed by atoms with Crippen LogP contribution < -0.4 is 10.1 Å². The molecule has 0 aliphatic rings. The van der Waals surface area contributed by atoms with Crippen molar-refractivity contribution in [3.8, 4) is 5.75 Å². The third kappa shape index (κ3) is 4.35. The number of nitrogens with one attached hydrogen (secondary N) is 1. The monoisotopic (exact) mass is 275 g/mol. The number of benzene rings is 1. The molecular weight excluding hydrogens is 254 g/mol. The molecule has 108 valence electrons. The van der Waals surface area contributed by atoms with E-state index in [1.54, 1.807) is 6.92 Å². The van der Waals surface area contributed by atoms with Crippen LogP contribution in [0.5, 0.6) is 5.75 Å². The Bertz CT molecular complexity index is 537. The van der Waals surface area contributed by atoms with Crippen molar-refractivity contribution in [1.29, 1.82) is 0 Å². The highest BCUT2D eigenvalue weighted by Gasteiger charge is 2.07. The third-order valence-electron chi connectivity index (χ3n) is 2.76. The minimum absolute atomic E-state index is 0.294. The maximum atomic E-state index is 5.76. The van der Waals surface area contributed by atoms with Crippen molar-refractivity contribution in [1.82, 2.24) is 15.5 Å². The molecule has 1 heterocycles. The first kappa shape index (κ1) is 14.5. The van der Waals surface area contributed by atoms with Crippen molar-refractivity contribution < 1.29 is 9.15 Å². The molecule has 0 spiro atoms. The number of aryl methyl sites for hydroxylation is 1. The van der Waals surface area contributed by atoms with Crippen LogP contribution in [0.1, 0.15) is 31.2 Å². The molecule has 5 nitrogen and oxygen atoms in total. The van der Waals surface area contributed by atoms with E-state index in [-0.39, 0.29) is 0 Å². The summed E-state index contributed by atoms with van der Waals surface area (Å²) >= 11 is 0. The second-order valence-corrected chi connectivity index (χ2v) is 5.14. The number of nitrogens with zero attached hydrogens (tertiary/aromatic N) is 2. The highest BCUT2D eigenvalue weighted by atomic mass is 16.5. The molecule has 0 unspecified atom stereocenters. The fourth-order valence-electron chi connectivity index (χ4n) is 1.82. The molecule has 5 heteroatoms. The minimum Gasteiger partial charge on any atom is -0.483 e. The van der Waals surface area contributed by atoms with Crippen LogP contribution in [0.25, 0.3) is 0 Å². The van der Waals surface area contributed by atoms with Crippen LogP contribution in [0.4, 0.5) is 0 Å². The molecule has 0 bridgehead atoms. The molecular formula is C15H21N3O2. The van der Waals surface area contributed by atoms with E-state index in [0.717, 1.165) is 24.4 Å². The van der Waals surface area contributed by atoms with Gasteiger partial charge < -0.3 is 14.5 Å². The van der Waals surface area contributed by atoms with Crippen LogP contribution in [0.3, 0.4) is 0 Å². The Morgan fingerprint density at radius 1 is 1.25 bits per heavy atom. The quantitative estimate of drug-likeness (QED) is 0.842. The summed E-state index contributed by atoms with van der Waals surface area (Å²) in [4.78, 5) is 0. The molecule has 0 fully saturated rings. The van der Waals surface area contributed by atoms with E-state index in [2.05, 4.69) is 35.4 Å². The molecule has 2 rings (SSSR count). The van der Waals surface area contributed by atoms with Crippen LogP contribution in [-0.2, 0) is 13.2 Å². The van der Waals surface area contributed by atoms with Gasteiger partial charge in [-0.2, -0.15) is 0 Å². The number of para-hydroxylation sites is 1. The summed E-state index contributed by atoms with van der Waals surface area (Å²) in [6.07, 6.45) is 0. The predicted octanol–water partition coefficient (Wildman–Crippen LogP) is 2.70. The fourth-order valence-corrected chi connectivity index (χ4v) is 1.82. The summed E-state index contributed by atoms with van der Waals surface area (Å²) in [5.41, 5.74) is 1.13. The summed E-state index contributed by atoms with van der Waals surface area (Å²) in [7, 11) is 0. The van der Waals surface area contributed by atoms with Gasteiger partial charge in [-0.3, -0.25) is 0 Å². The van der Waals surface area contributed by atoms with Crippen molar-refractivity contribution in [2.45, 2.75) is 33.9 Å². The zero-order valence-electron chi connectivity index (χ0n) is 12.2. The van der Waals surface area contributed by atoms with E-state index >= 15 is 0 Å². The molecule has 0 aliphatic carbocycles. The lowest BCUT2D eigenvalue weighted by Crippen LogP contribution is -2.19. The number of hydrogen-bond donors (Lipinski definition) is 1. The van der Waals surface area contributed by atoms with Gasteiger partial charge in [0.05, 0.1) is 0 Å². The van der Waals surface area contributed by atoms with Crippen LogP contribution in [0.2, 0.25) is 0 Å². The molecule has 0 aliphatic heterocycles. The summed E-state index contributed by atoms with van der Waals surface area (Å²) in [6, 6.07) is 7.98. The first-order valence-electron chi connectivity index (χ1n) is 6.85. The van der Waals surface area contributed by atoms with E-state index < -0.39 is 0 Å². The second-order valence-electron chi connectivity index (χ2n) is 5.14. The van der Waals surface area contributed by atoms with E-state index in [9.17, 15) is 0 Å². The van der Waals surface area contributed by atoms with Crippen molar-refractivity contribution in [3.05, 3.63) is 41.6 Å². The van der Waals surface area contributed by atoms with E-state index in [0.29, 0.717) is 24.3 Å². The predicted molar refractivity (Wildman–Crippen MR) is 76.4 cm³/mol. The van der Waals surface area contributed by atoms with Crippen LogP contribution in [-0.4, -0.2) is 16.7 Å². The molecule has 1 N–H and O–H groups in total. The second kappa shape index (κ2) is 7.05. The van der Waals surface area contributed by atoms with Gasteiger partial charge in [0.15, 0.2) is 6.61 Å². The van der Waals surface area contributed by atoms with Gasteiger partial charge in [0.1, 0.15) is 5.75 Å². The Kier molecular flexibility index (Phi) is 5.12. The molecule has 1 aromatic heterocycles. The Morgan fingerprint density at radius 2 is 2.05 bits per heavy atom. The first-order valence-corrected chi connectivity index (χ1v) is 6.85. The number of hydrogen-bond acceptors (Lipinski definition) is 5. The molecule has 1 aromatic carbocycles. The van der Waals surface area contributed by atoms with E-state index in [4.69, 9.17) is 9.15 Å². The average molecular weight is 275 g/mol. The van der Waals surface area contributed by atoms with Gasteiger partial charge in [-0.05, 0) is 18.5 Å². The summed E-state index contributed by atoms with van der Waals surface area (Å²) in [6.45, 7) is 8.21. The van der Waals surface area contributed by atoms with Crippen molar-refractivity contribution >= 4 is 0 Å². The Morgan fingerprint density at radius 3 is 2.75 bits per heavy atom. The molecule has 0 radical (unpaired) electrons. The summed E-state index contributed by atoms with van der Waals surface area (Å²) in [5.74, 6) is 2.52. The topological polar surface area (TPSA) is 60.2 Å².